The standard InChI is InChI=1S/C17H32F3N5O2S/c1-3-21-16(22-12-14(2)13-24-8-4-5-9-24)23-15-6-10-25(11-7-15)28(26,27)17(18,19)20/h14-15H,3-13H2,1-2H3,(H2,21,22,23). The highest BCUT2D eigenvalue weighted by Crippen LogP contribution is 2.28. The fraction of sp³-hybridized carbons (Fsp3) is 0.941. The van der Waals surface area contributed by atoms with E-state index in [1.165, 1.54) is 12.8 Å². The first kappa shape index (κ1) is 23.2. The Hall–Kier alpha value is -1.07. The predicted octanol–water partition coefficient (Wildman–Crippen LogP) is 1.59. The third kappa shape index (κ3) is 6.48. The highest BCUT2D eigenvalue weighted by Gasteiger charge is 2.50. The van der Waals surface area contributed by atoms with Gasteiger partial charge in [-0.15, -0.1) is 0 Å². The van der Waals surface area contributed by atoms with Crippen molar-refractivity contribution in [2.45, 2.75) is 51.1 Å². The molecule has 2 rings (SSSR count). The minimum Gasteiger partial charge on any atom is -0.357 e. The van der Waals surface area contributed by atoms with E-state index >= 15 is 0 Å². The summed E-state index contributed by atoms with van der Waals surface area (Å²) >= 11 is 0. The topological polar surface area (TPSA) is 77.0 Å². The molecule has 1 atom stereocenters. The highest BCUT2D eigenvalue weighted by atomic mass is 32.2. The van der Waals surface area contributed by atoms with Crippen LogP contribution in [-0.4, -0.2) is 80.9 Å². The molecule has 0 aromatic carbocycles. The predicted molar refractivity (Wildman–Crippen MR) is 104 cm³/mol. The van der Waals surface area contributed by atoms with Crippen molar-refractivity contribution in [3.8, 4) is 0 Å². The Labute approximate surface area is 165 Å². The van der Waals surface area contributed by atoms with Gasteiger partial charge >= 0.3 is 15.5 Å². The van der Waals surface area contributed by atoms with Crippen LogP contribution in [0.15, 0.2) is 4.99 Å². The molecule has 0 spiro atoms. The molecule has 0 saturated carbocycles. The average Bonchev–Trinajstić information content (AvgIpc) is 3.12. The number of nitrogens with zero attached hydrogens (tertiary/aromatic N) is 3. The van der Waals surface area contributed by atoms with Crippen LogP contribution >= 0.6 is 0 Å². The van der Waals surface area contributed by atoms with Crippen LogP contribution in [0.3, 0.4) is 0 Å². The summed E-state index contributed by atoms with van der Waals surface area (Å²) in [6.07, 6.45) is 3.12. The van der Waals surface area contributed by atoms with E-state index in [1.807, 2.05) is 6.92 Å². The lowest BCUT2D eigenvalue weighted by Crippen LogP contribution is -2.51. The molecule has 2 saturated heterocycles. The number of piperidine rings is 1. The number of rotatable bonds is 7. The van der Waals surface area contributed by atoms with E-state index in [0.29, 0.717) is 42.1 Å². The fourth-order valence-corrected chi connectivity index (χ4v) is 4.60. The van der Waals surface area contributed by atoms with Crippen molar-refractivity contribution < 1.29 is 21.6 Å². The number of sulfonamides is 1. The minimum absolute atomic E-state index is 0.105. The lowest BCUT2D eigenvalue weighted by Gasteiger charge is -2.32. The summed E-state index contributed by atoms with van der Waals surface area (Å²) in [6.45, 7) is 8.44. The van der Waals surface area contributed by atoms with Crippen molar-refractivity contribution in [1.82, 2.24) is 19.8 Å². The maximum atomic E-state index is 12.7. The number of hydrogen-bond donors (Lipinski definition) is 2. The number of halogens is 3. The number of nitrogens with one attached hydrogen (secondary N) is 2. The number of hydrogen-bond acceptors (Lipinski definition) is 4. The van der Waals surface area contributed by atoms with Crippen LogP contribution < -0.4 is 10.6 Å². The zero-order valence-electron chi connectivity index (χ0n) is 16.6. The Balaban J connectivity index is 1.84. The largest absolute Gasteiger partial charge is 0.511 e. The monoisotopic (exact) mass is 427 g/mol. The molecule has 2 heterocycles. The van der Waals surface area contributed by atoms with Crippen molar-refractivity contribution in [3.05, 3.63) is 0 Å². The molecule has 2 fully saturated rings. The number of alkyl halides is 3. The van der Waals surface area contributed by atoms with E-state index in [1.54, 1.807) is 0 Å². The Morgan fingerprint density at radius 3 is 2.32 bits per heavy atom. The normalized spacial score (nSPS) is 22.4. The molecule has 0 bridgehead atoms. The summed E-state index contributed by atoms with van der Waals surface area (Å²) in [5.41, 5.74) is -5.24. The Bertz CT molecular complexity index is 613. The molecule has 0 aromatic heterocycles. The molecule has 2 aliphatic rings. The van der Waals surface area contributed by atoms with Gasteiger partial charge < -0.3 is 15.5 Å². The van der Waals surface area contributed by atoms with Crippen LogP contribution in [0.1, 0.15) is 39.5 Å². The van der Waals surface area contributed by atoms with E-state index in [0.717, 1.165) is 19.6 Å². The van der Waals surface area contributed by atoms with E-state index < -0.39 is 15.5 Å². The SMILES string of the molecule is CCNC(=NCC(C)CN1CCCC1)NC1CCN(S(=O)(=O)C(F)(F)F)CC1. The number of aliphatic imine (C=N–C) groups is 1. The maximum Gasteiger partial charge on any atom is 0.511 e. The molecule has 1 unspecified atom stereocenters. The van der Waals surface area contributed by atoms with Gasteiger partial charge in [-0.2, -0.15) is 17.5 Å². The van der Waals surface area contributed by atoms with Gasteiger partial charge in [-0.25, -0.2) is 8.42 Å². The summed E-state index contributed by atoms with van der Waals surface area (Å²) in [7, 11) is -5.24. The maximum absolute atomic E-state index is 12.7. The molecule has 28 heavy (non-hydrogen) atoms. The molecule has 164 valence electrons. The van der Waals surface area contributed by atoms with Crippen LogP contribution in [0.2, 0.25) is 0 Å². The average molecular weight is 428 g/mol. The minimum atomic E-state index is -5.24. The molecule has 0 aliphatic carbocycles. The molecule has 2 N–H and O–H groups in total. The van der Waals surface area contributed by atoms with Gasteiger partial charge in [0.15, 0.2) is 5.96 Å². The summed E-state index contributed by atoms with van der Waals surface area (Å²) in [4.78, 5) is 7.05. The van der Waals surface area contributed by atoms with Crippen molar-refractivity contribution in [2.24, 2.45) is 10.9 Å². The smallest absolute Gasteiger partial charge is 0.357 e. The van der Waals surface area contributed by atoms with Gasteiger partial charge in [0, 0.05) is 38.8 Å². The Morgan fingerprint density at radius 1 is 1.18 bits per heavy atom. The van der Waals surface area contributed by atoms with E-state index in [4.69, 9.17) is 0 Å². The van der Waals surface area contributed by atoms with Gasteiger partial charge in [-0.05, 0) is 51.6 Å². The third-order valence-corrected chi connectivity index (χ3v) is 6.73. The zero-order valence-corrected chi connectivity index (χ0v) is 17.4. The van der Waals surface area contributed by atoms with Gasteiger partial charge in [0.05, 0.1) is 0 Å². The van der Waals surface area contributed by atoms with Crippen LogP contribution in [0.4, 0.5) is 13.2 Å². The van der Waals surface area contributed by atoms with Gasteiger partial charge in [0.1, 0.15) is 0 Å². The molecule has 11 heteroatoms. The molecule has 7 nitrogen and oxygen atoms in total. The van der Waals surface area contributed by atoms with Gasteiger partial charge in [-0.1, -0.05) is 6.92 Å². The van der Waals surface area contributed by atoms with Gasteiger partial charge in [0.2, 0.25) is 0 Å². The lowest BCUT2D eigenvalue weighted by molar-refractivity contribution is -0.0494. The summed E-state index contributed by atoms with van der Waals surface area (Å²) in [5.74, 6) is 1.04. The molecule has 0 aromatic rings. The van der Waals surface area contributed by atoms with E-state index in [-0.39, 0.29) is 19.1 Å². The number of likely N-dealkylation sites (tertiary alicyclic amines) is 1. The van der Waals surface area contributed by atoms with Crippen molar-refractivity contribution in [1.29, 1.82) is 0 Å². The second-order valence-electron chi connectivity index (χ2n) is 7.60. The first-order valence-corrected chi connectivity index (χ1v) is 11.4. The van der Waals surface area contributed by atoms with Crippen molar-refractivity contribution in [3.63, 3.8) is 0 Å². The van der Waals surface area contributed by atoms with Crippen LogP contribution in [0, 0.1) is 5.92 Å². The first-order valence-electron chi connectivity index (χ1n) is 9.97. The van der Waals surface area contributed by atoms with E-state index in [2.05, 4.69) is 27.4 Å². The van der Waals surface area contributed by atoms with Gasteiger partial charge in [0.25, 0.3) is 0 Å². The molecular formula is C17H32F3N5O2S. The van der Waals surface area contributed by atoms with E-state index in [9.17, 15) is 21.6 Å². The number of guanidine groups is 1. The van der Waals surface area contributed by atoms with Crippen LogP contribution in [0.25, 0.3) is 0 Å². The second-order valence-corrected chi connectivity index (χ2v) is 9.53. The molecular weight excluding hydrogens is 395 g/mol. The second kappa shape index (κ2) is 10.1. The Kier molecular flexibility index (Phi) is 8.38. The molecule has 0 amide bonds. The van der Waals surface area contributed by atoms with Crippen LogP contribution in [0.5, 0.6) is 0 Å². The first-order chi connectivity index (χ1) is 13.1. The van der Waals surface area contributed by atoms with Crippen LogP contribution in [-0.2, 0) is 10.0 Å². The fourth-order valence-electron chi connectivity index (χ4n) is 3.61. The molecule has 0 radical (unpaired) electrons. The quantitative estimate of drug-likeness (QED) is 0.477. The summed E-state index contributed by atoms with van der Waals surface area (Å²) in [6, 6.07) is -0.105. The molecule has 2 aliphatic heterocycles. The highest BCUT2D eigenvalue weighted by molar-refractivity contribution is 7.90. The zero-order chi connectivity index (χ0) is 20.8. The van der Waals surface area contributed by atoms with Gasteiger partial charge in [-0.3, -0.25) is 4.99 Å². The Morgan fingerprint density at radius 2 is 1.79 bits per heavy atom. The summed E-state index contributed by atoms with van der Waals surface area (Å²) < 4.78 is 61.5. The summed E-state index contributed by atoms with van der Waals surface area (Å²) in [5, 5.41) is 6.40. The van der Waals surface area contributed by atoms with Crippen molar-refractivity contribution >= 4 is 16.0 Å². The lowest BCUT2D eigenvalue weighted by atomic mass is 10.1. The third-order valence-electron chi connectivity index (χ3n) is 5.10. The van der Waals surface area contributed by atoms with Crippen molar-refractivity contribution in [2.75, 3.05) is 45.8 Å².